The maximum absolute atomic E-state index is 5.94. The van der Waals surface area contributed by atoms with E-state index in [0.29, 0.717) is 6.04 Å². The Morgan fingerprint density at radius 3 is 3.07 bits per heavy atom. The lowest BCUT2D eigenvalue weighted by atomic mass is 10.1. The van der Waals surface area contributed by atoms with Crippen LogP contribution in [0, 0.1) is 6.92 Å². The topological polar surface area (TPSA) is 41.8 Å². The second-order valence-electron chi connectivity index (χ2n) is 4.30. The highest BCUT2D eigenvalue weighted by atomic mass is 14.8. The molecule has 1 aromatic carbocycles. The SMILES string of the molecule is Cc1ccc2[nH]c3c(c2c1)C[C@H](N)C3. The fourth-order valence-electron chi connectivity index (χ4n) is 2.42. The quantitative estimate of drug-likeness (QED) is 0.648. The van der Waals surface area contributed by atoms with Gasteiger partial charge in [-0.2, -0.15) is 0 Å². The summed E-state index contributed by atoms with van der Waals surface area (Å²) in [5, 5.41) is 1.37. The largest absolute Gasteiger partial charge is 0.358 e. The average molecular weight is 186 g/mol. The third kappa shape index (κ3) is 1.01. The van der Waals surface area contributed by atoms with E-state index >= 15 is 0 Å². The van der Waals surface area contributed by atoms with Gasteiger partial charge in [0, 0.05) is 29.1 Å². The number of hydrogen-bond acceptors (Lipinski definition) is 1. The summed E-state index contributed by atoms with van der Waals surface area (Å²) in [6.45, 7) is 2.13. The van der Waals surface area contributed by atoms with Gasteiger partial charge < -0.3 is 10.7 Å². The van der Waals surface area contributed by atoms with Crippen LogP contribution in [0.5, 0.6) is 0 Å². The molecular weight excluding hydrogens is 172 g/mol. The Kier molecular flexibility index (Phi) is 1.50. The molecule has 0 fully saturated rings. The number of fused-ring (bicyclic) bond motifs is 3. The first-order valence-corrected chi connectivity index (χ1v) is 5.09. The zero-order valence-electron chi connectivity index (χ0n) is 8.30. The number of aromatic amines is 1. The van der Waals surface area contributed by atoms with Crippen LogP contribution >= 0.6 is 0 Å². The van der Waals surface area contributed by atoms with Crippen molar-refractivity contribution >= 4 is 10.9 Å². The third-order valence-corrected chi connectivity index (χ3v) is 3.08. The van der Waals surface area contributed by atoms with Crippen LogP contribution in [0.1, 0.15) is 16.8 Å². The standard InChI is InChI=1S/C12H14N2/c1-7-2-3-11-9(4-7)10-5-8(13)6-12(10)14-11/h2-4,8,14H,5-6,13H2,1H3/t8-/m0/s1. The molecular formula is C12H14N2. The van der Waals surface area contributed by atoms with Crippen molar-refractivity contribution in [2.24, 2.45) is 5.73 Å². The van der Waals surface area contributed by atoms with Gasteiger partial charge >= 0.3 is 0 Å². The van der Waals surface area contributed by atoms with Crippen LogP contribution in [-0.4, -0.2) is 11.0 Å². The van der Waals surface area contributed by atoms with Gasteiger partial charge in [-0.1, -0.05) is 11.6 Å². The van der Waals surface area contributed by atoms with Crippen LogP contribution in [0.25, 0.3) is 10.9 Å². The summed E-state index contributed by atoms with van der Waals surface area (Å²) in [7, 11) is 0. The second-order valence-corrected chi connectivity index (χ2v) is 4.30. The van der Waals surface area contributed by atoms with E-state index in [1.54, 1.807) is 0 Å². The minimum atomic E-state index is 0.321. The van der Waals surface area contributed by atoms with Crippen molar-refractivity contribution in [1.82, 2.24) is 4.98 Å². The number of hydrogen-bond donors (Lipinski definition) is 2. The lowest BCUT2D eigenvalue weighted by molar-refractivity contribution is 0.716. The summed E-state index contributed by atoms with van der Waals surface area (Å²) < 4.78 is 0. The lowest BCUT2D eigenvalue weighted by Gasteiger charge is -2.00. The van der Waals surface area contributed by atoms with Gasteiger partial charge in [0.25, 0.3) is 0 Å². The number of nitrogens with one attached hydrogen (secondary N) is 1. The van der Waals surface area contributed by atoms with Gasteiger partial charge in [0.1, 0.15) is 0 Å². The van der Waals surface area contributed by atoms with Crippen molar-refractivity contribution < 1.29 is 0 Å². The molecule has 2 heteroatoms. The molecule has 1 aromatic heterocycles. The number of nitrogens with two attached hydrogens (primary N) is 1. The Balaban J connectivity index is 2.30. The van der Waals surface area contributed by atoms with Gasteiger partial charge in [0.15, 0.2) is 0 Å². The van der Waals surface area contributed by atoms with Gasteiger partial charge in [-0.3, -0.25) is 0 Å². The molecule has 1 aliphatic rings. The van der Waals surface area contributed by atoms with E-state index < -0.39 is 0 Å². The molecule has 0 radical (unpaired) electrons. The molecule has 0 spiro atoms. The van der Waals surface area contributed by atoms with E-state index in [2.05, 4.69) is 30.1 Å². The van der Waals surface area contributed by atoms with E-state index in [0.717, 1.165) is 12.8 Å². The summed E-state index contributed by atoms with van der Waals surface area (Å²) in [6, 6.07) is 6.88. The number of aromatic nitrogens is 1. The van der Waals surface area contributed by atoms with Crippen molar-refractivity contribution in [3.63, 3.8) is 0 Å². The minimum absolute atomic E-state index is 0.321. The maximum Gasteiger partial charge on any atom is 0.0459 e. The zero-order valence-corrected chi connectivity index (χ0v) is 8.30. The van der Waals surface area contributed by atoms with Crippen molar-refractivity contribution in [2.45, 2.75) is 25.8 Å². The molecule has 1 aliphatic carbocycles. The first kappa shape index (κ1) is 8.06. The van der Waals surface area contributed by atoms with Crippen LogP contribution < -0.4 is 5.73 Å². The highest BCUT2D eigenvalue weighted by molar-refractivity contribution is 5.86. The van der Waals surface area contributed by atoms with Gasteiger partial charge in [0.2, 0.25) is 0 Å². The minimum Gasteiger partial charge on any atom is -0.358 e. The smallest absolute Gasteiger partial charge is 0.0459 e. The Morgan fingerprint density at radius 2 is 2.21 bits per heavy atom. The van der Waals surface area contributed by atoms with E-state index in [1.165, 1.54) is 27.7 Å². The lowest BCUT2D eigenvalue weighted by Crippen LogP contribution is -2.19. The molecule has 0 amide bonds. The van der Waals surface area contributed by atoms with Gasteiger partial charge in [-0.05, 0) is 31.0 Å². The molecule has 2 aromatic rings. The molecule has 0 saturated carbocycles. The van der Waals surface area contributed by atoms with Gasteiger partial charge in [-0.25, -0.2) is 0 Å². The van der Waals surface area contributed by atoms with Crippen molar-refractivity contribution in [2.75, 3.05) is 0 Å². The van der Waals surface area contributed by atoms with Crippen LogP contribution in [0.2, 0.25) is 0 Å². The van der Waals surface area contributed by atoms with E-state index in [-0.39, 0.29) is 0 Å². The highest BCUT2D eigenvalue weighted by Crippen LogP contribution is 2.29. The normalized spacial score (nSPS) is 20.3. The molecule has 1 heterocycles. The van der Waals surface area contributed by atoms with Crippen molar-refractivity contribution in [3.05, 3.63) is 35.0 Å². The monoisotopic (exact) mass is 186 g/mol. The predicted molar refractivity (Wildman–Crippen MR) is 58.4 cm³/mol. The zero-order chi connectivity index (χ0) is 9.71. The number of aryl methyl sites for hydroxylation is 1. The van der Waals surface area contributed by atoms with Crippen LogP contribution in [0.3, 0.4) is 0 Å². The molecule has 0 aliphatic heterocycles. The van der Waals surface area contributed by atoms with Gasteiger partial charge in [0.05, 0.1) is 0 Å². The molecule has 2 nitrogen and oxygen atoms in total. The second kappa shape index (κ2) is 2.61. The summed E-state index contributed by atoms with van der Waals surface area (Å²) in [4.78, 5) is 3.45. The molecule has 3 N–H and O–H groups in total. The molecule has 0 unspecified atom stereocenters. The Labute approximate surface area is 83.1 Å². The Bertz CT molecular complexity index is 496. The average Bonchev–Trinajstić information content (AvgIpc) is 2.62. The molecule has 0 saturated heterocycles. The number of benzene rings is 1. The third-order valence-electron chi connectivity index (χ3n) is 3.08. The highest BCUT2D eigenvalue weighted by Gasteiger charge is 2.22. The molecule has 1 atom stereocenters. The van der Waals surface area contributed by atoms with E-state index in [9.17, 15) is 0 Å². The maximum atomic E-state index is 5.94. The van der Waals surface area contributed by atoms with E-state index in [4.69, 9.17) is 5.73 Å². The summed E-state index contributed by atoms with van der Waals surface area (Å²) in [5.41, 5.74) is 11.3. The fourth-order valence-corrected chi connectivity index (χ4v) is 2.42. The first-order chi connectivity index (χ1) is 6.74. The molecule has 3 rings (SSSR count). The Morgan fingerprint density at radius 1 is 1.36 bits per heavy atom. The molecule has 0 bridgehead atoms. The fraction of sp³-hybridized carbons (Fsp3) is 0.333. The summed E-state index contributed by atoms with van der Waals surface area (Å²) in [6.07, 6.45) is 2.03. The van der Waals surface area contributed by atoms with Crippen molar-refractivity contribution in [1.29, 1.82) is 0 Å². The molecule has 14 heavy (non-hydrogen) atoms. The van der Waals surface area contributed by atoms with Crippen LogP contribution in [0.15, 0.2) is 18.2 Å². The van der Waals surface area contributed by atoms with Crippen LogP contribution in [0.4, 0.5) is 0 Å². The molecule has 72 valence electrons. The summed E-state index contributed by atoms with van der Waals surface area (Å²) >= 11 is 0. The number of rotatable bonds is 0. The van der Waals surface area contributed by atoms with E-state index in [1.807, 2.05) is 0 Å². The predicted octanol–water partition coefficient (Wildman–Crippen LogP) is 1.90. The Hall–Kier alpha value is -1.28. The van der Waals surface area contributed by atoms with Crippen molar-refractivity contribution in [3.8, 4) is 0 Å². The first-order valence-electron chi connectivity index (χ1n) is 5.09. The number of H-pyrrole nitrogens is 1. The van der Waals surface area contributed by atoms with Gasteiger partial charge in [-0.15, -0.1) is 0 Å². The summed E-state index contributed by atoms with van der Waals surface area (Å²) in [5.74, 6) is 0. The van der Waals surface area contributed by atoms with Crippen LogP contribution in [-0.2, 0) is 12.8 Å².